The topological polar surface area (TPSA) is 90.9 Å². The Labute approximate surface area is 174 Å². The number of aromatic nitrogens is 3. The SMILES string of the molecule is CCCCCCCn1c(N)c(S(=O)(=O)c2cccs2)c2nc3ccccc3nc21. The van der Waals surface area contributed by atoms with Crippen molar-refractivity contribution in [3.8, 4) is 0 Å². The zero-order valence-corrected chi connectivity index (χ0v) is 18.0. The molecule has 4 rings (SSSR count). The zero-order chi connectivity index (χ0) is 20.4. The minimum atomic E-state index is -3.77. The van der Waals surface area contributed by atoms with E-state index >= 15 is 0 Å². The van der Waals surface area contributed by atoms with Crippen LogP contribution >= 0.6 is 11.3 Å². The second-order valence-electron chi connectivity index (χ2n) is 7.10. The van der Waals surface area contributed by atoms with E-state index in [1.54, 1.807) is 17.5 Å². The molecule has 4 aromatic rings. The summed E-state index contributed by atoms with van der Waals surface area (Å²) < 4.78 is 28.8. The molecule has 3 heterocycles. The number of thiophene rings is 1. The Kier molecular flexibility index (Phi) is 5.56. The first kappa shape index (κ1) is 19.8. The average Bonchev–Trinajstić information content (AvgIpc) is 3.34. The van der Waals surface area contributed by atoms with Crippen LogP contribution in [0, 0.1) is 0 Å². The van der Waals surface area contributed by atoms with Crippen LogP contribution in [0.3, 0.4) is 0 Å². The Hall–Kier alpha value is -2.45. The number of aryl methyl sites for hydroxylation is 1. The van der Waals surface area contributed by atoms with Gasteiger partial charge in [-0.3, -0.25) is 0 Å². The number of unbranched alkanes of at least 4 members (excludes halogenated alkanes) is 4. The van der Waals surface area contributed by atoms with Crippen LogP contribution in [0.1, 0.15) is 39.0 Å². The molecule has 152 valence electrons. The van der Waals surface area contributed by atoms with E-state index in [-0.39, 0.29) is 14.9 Å². The van der Waals surface area contributed by atoms with E-state index in [4.69, 9.17) is 10.7 Å². The summed E-state index contributed by atoms with van der Waals surface area (Å²) in [6.45, 7) is 2.80. The van der Waals surface area contributed by atoms with Crippen LogP contribution in [0.5, 0.6) is 0 Å². The van der Waals surface area contributed by atoms with Crippen molar-refractivity contribution < 1.29 is 8.42 Å². The number of sulfone groups is 1. The third-order valence-electron chi connectivity index (χ3n) is 5.06. The molecular weight excluding hydrogens is 404 g/mol. The maximum absolute atomic E-state index is 13.3. The lowest BCUT2D eigenvalue weighted by molar-refractivity contribution is 0.576. The number of nitrogens with two attached hydrogens (primary N) is 1. The third kappa shape index (κ3) is 3.62. The molecule has 3 aromatic heterocycles. The Morgan fingerprint density at radius 1 is 1.00 bits per heavy atom. The summed E-state index contributed by atoms with van der Waals surface area (Å²) >= 11 is 1.18. The predicted molar refractivity (Wildman–Crippen MR) is 118 cm³/mol. The molecule has 0 amide bonds. The van der Waals surface area contributed by atoms with E-state index in [9.17, 15) is 8.42 Å². The third-order valence-corrected chi connectivity index (χ3v) is 8.27. The molecule has 0 aliphatic heterocycles. The molecule has 0 saturated carbocycles. The molecular formula is C21H24N4O2S2. The van der Waals surface area contributed by atoms with Gasteiger partial charge in [0.2, 0.25) is 9.84 Å². The van der Waals surface area contributed by atoms with Crippen molar-refractivity contribution in [2.75, 3.05) is 5.73 Å². The Balaban J connectivity index is 1.88. The molecule has 2 N–H and O–H groups in total. The highest BCUT2D eigenvalue weighted by molar-refractivity contribution is 7.93. The van der Waals surface area contributed by atoms with E-state index in [2.05, 4.69) is 11.9 Å². The van der Waals surface area contributed by atoms with Gasteiger partial charge in [-0.15, -0.1) is 11.3 Å². The molecule has 0 aliphatic rings. The van der Waals surface area contributed by atoms with Crippen LogP contribution in [-0.4, -0.2) is 23.0 Å². The molecule has 0 aliphatic carbocycles. The summed E-state index contributed by atoms with van der Waals surface area (Å²) in [4.78, 5) is 9.45. The molecule has 0 fully saturated rings. The van der Waals surface area contributed by atoms with Gasteiger partial charge in [-0.1, -0.05) is 50.8 Å². The van der Waals surface area contributed by atoms with Gasteiger partial charge in [0.25, 0.3) is 0 Å². The first-order valence-electron chi connectivity index (χ1n) is 9.87. The van der Waals surface area contributed by atoms with Gasteiger partial charge in [0.1, 0.15) is 20.4 Å². The molecule has 0 bridgehead atoms. The largest absolute Gasteiger partial charge is 0.384 e. The van der Waals surface area contributed by atoms with Gasteiger partial charge in [0, 0.05) is 6.54 Å². The Morgan fingerprint density at radius 3 is 2.41 bits per heavy atom. The number of benzene rings is 1. The van der Waals surface area contributed by atoms with Crippen LogP contribution in [0.15, 0.2) is 50.9 Å². The van der Waals surface area contributed by atoms with E-state index < -0.39 is 9.84 Å². The molecule has 0 spiro atoms. The van der Waals surface area contributed by atoms with Crippen molar-refractivity contribution in [1.82, 2.24) is 14.5 Å². The Morgan fingerprint density at radius 2 is 1.72 bits per heavy atom. The quantitative estimate of drug-likeness (QED) is 0.397. The van der Waals surface area contributed by atoms with Crippen LogP contribution in [0.25, 0.3) is 22.2 Å². The number of anilines is 1. The molecule has 8 heteroatoms. The number of fused-ring (bicyclic) bond motifs is 2. The fourth-order valence-electron chi connectivity index (χ4n) is 3.57. The van der Waals surface area contributed by atoms with Gasteiger partial charge in [0.15, 0.2) is 5.65 Å². The number of rotatable bonds is 8. The lowest BCUT2D eigenvalue weighted by Crippen LogP contribution is -2.07. The van der Waals surface area contributed by atoms with Crippen molar-refractivity contribution in [2.45, 2.75) is 54.7 Å². The van der Waals surface area contributed by atoms with Crippen LogP contribution in [0.2, 0.25) is 0 Å². The number of nitrogens with zero attached hydrogens (tertiary/aromatic N) is 3. The van der Waals surface area contributed by atoms with E-state index in [0.717, 1.165) is 24.8 Å². The summed E-state index contributed by atoms with van der Waals surface area (Å²) in [5.74, 6) is 0.221. The normalized spacial score (nSPS) is 12.2. The van der Waals surface area contributed by atoms with Gasteiger partial charge in [-0.2, -0.15) is 0 Å². The molecule has 0 unspecified atom stereocenters. The summed E-state index contributed by atoms with van der Waals surface area (Å²) in [5, 5.41) is 1.75. The van der Waals surface area contributed by atoms with Crippen molar-refractivity contribution in [2.24, 2.45) is 0 Å². The standard InChI is InChI=1S/C21H24N4O2S2/c1-2-3-4-5-8-13-25-20(22)19(29(26,27)17-12-9-14-28-17)18-21(25)24-16-11-7-6-10-15(16)23-18/h6-7,9-12,14H,2-5,8,13,22H2,1H3. The van der Waals surface area contributed by atoms with Gasteiger partial charge in [0.05, 0.1) is 11.0 Å². The Bertz CT molecular complexity index is 1240. The van der Waals surface area contributed by atoms with Crippen molar-refractivity contribution in [3.05, 3.63) is 41.8 Å². The number of hydrogen-bond donors (Lipinski definition) is 1. The highest BCUT2D eigenvalue weighted by atomic mass is 32.2. The monoisotopic (exact) mass is 428 g/mol. The molecule has 0 radical (unpaired) electrons. The predicted octanol–water partition coefficient (Wildman–Crippen LogP) is 5.03. The van der Waals surface area contributed by atoms with E-state index in [0.29, 0.717) is 23.2 Å². The number of para-hydroxylation sites is 2. The van der Waals surface area contributed by atoms with E-state index in [1.807, 2.05) is 28.8 Å². The van der Waals surface area contributed by atoms with Crippen LogP contribution in [0.4, 0.5) is 5.82 Å². The second-order valence-corrected chi connectivity index (χ2v) is 10.2. The van der Waals surface area contributed by atoms with E-state index in [1.165, 1.54) is 24.2 Å². The maximum atomic E-state index is 13.3. The lowest BCUT2D eigenvalue weighted by atomic mass is 10.1. The zero-order valence-electron chi connectivity index (χ0n) is 16.3. The minimum absolute atomic E-state index is 0.0711. The van der Waals surface area contributed by atoms with Gasteiger partial charge in [-0.05, 0) is 30.0 Å². The highest BCUT2D eigenvalue weighted by Gasteiger charge is 2.30. The number of nitrogen functional groups attached to an aromatic ring is 1. The molecule has 0 atom stereocenters. The van der Waals surface area contributed by atoms with Gasteiger partial charge < -0.3 is 10.3 Å². The molecule has 6 nitrogen and oxygen atoms in total. The van der Waals surface area contributed by atoms with Crippen LogP contribution in [-0.2, 0) is 16.4 Å². The fourth-order valence-corrected chi connectivity index (χ4v) is 6.18. The highest BCUT2D eigenvalue weighted by Crippen LogP contribution is 2.36. The summed E-state index contributed by atoms with van der Waals surface area (Å²) in [7, 11) is -3.77. The summed E-state index contributed by atoms with van der Waals surface area (Å²) in [6, 6.07) is 10.8. The van der Waals surface area contributed by atoms with Gasteiger partial charge >= 0.3 is 0 Å². The summed E-state index contributed by atoms with van der Waals surface area (Å²) in [5.41, 5.74) is 8.69. The molecule has 1 aromatic carbocycles. The van der Waals surface area contributed by atoms with Crippen molar-refractivity contribution in [1.29, 1.82) is 0 Å². The lowest BCUT2D eigenvalue weighted by Gasteiger charge is -2.08. The maximum Gasteiger partial charge on any atom is 0.221 e. The average molecular weight is 429 g/mol. The smallest absolute Gasteiger partial charge is 0.221 e. The van der Waals surface area contributed by atoms with Crippen molar-refractivity contribution in [3.63, 3.8) is 0 Å². The second kappa shape index (κ2) is 8.12. The van der Waals surface area contributed by atoms with Crippen molar-refractivity contribution >= 4 is 49.2 Å². The van der Waals surface area contributed by atoms with Gasteiger partial charge in [-0.25, -0.2) is 18.4 Å². The molecule has 29 heavy (non-hydrogen) atoms. The molecule has 0 saturated heterocycles. The minimum Gasteiger partial charge on any atom is -0.384 e. The van der Waals surface area contributed by atoms with Crippen LogP contribution < -0.4 is 5.73 Å². The first-order chi connectivity index (χ1) is 14.0. The number of hydrogen-bond acceptors (Lipinski definition) is 6. The fraction of sp³-hybridized carbons (Fsp3) is 0.333. The summed E-state index contributed by atoms with van der Waals surface area (Å²) in [6.07, 6.45) is 5.52. The first-order valence-corrected chi connectivity index (χ1v) is 12.2.